The molecule has 2 atom stereocenters. The van der Waals surface area contributed by atoms with Gasteiger partial charge >= 0.3 is 6.18 Å². The Kier molecular flexibility index (Phi) is 3.18. The number of nitrogens with one attached hydrogen (secondary N) is 2. The Morgan fingerprint density at radius 1 is 1.60 bits per heavy atom. The number of hydrogen-bond donors (Lipinski definition) is 3. The first kappa shape index (κ1) is 11.8. The van der Waals surface area contributed by atoms with Crippen LogP contribution in [-0.4, -0.2) is 42.3 Å². The molecule has 0 saturated carbocycles. The Balaban J connectivity index is 2.50. The molecule has 1 fully saturated rings. The van der Waals surface area contributed by atoms with E-state index in [0.29, 0.717) is 0 Å². The monoisotopic (exact) mass is 226 g/mol. The van der Waals surface area contributed by atoms with Crippen LogP contribution in [0, 0.1) is 5.92 Å². The summed E-state index contributed by atoms with van der Waals surface area (Å²) >= 11 is 0. The van der Waals surface area contributed by atoms with Gasteiger partial charge in [0.15, 0.2) is 0 Å². The van der Waals surface area contributed by atoms with Crippen LogP contribution in [0.5, 0.6) is 0 Å². The Labute approximate surface area is 82.6 Å². The van der Waals surface area contributed by atoms with Crippen LogP contribution in [0.2, 0.25) is 0 Å². The zero-order valence-corrected chi connectivity index (χ0v) is 7.47. The third-order valence-electron chi connectivity index (χ3n) is 1.90. The number of halogens is 3. The van der Waals surface area contributed by atoms with E-state index < -0.39 is 36.6 Å². The summed E-state index contributed by atoms with van der Waals surface area (Å²) in [4.78, 5) is 22.0. The van der Waals surface area contributed by atoms with Crippen molar-refractivity contribution in [1.82, 2.24) is 10.6 Å². The van der Waals surface area contributed by atoms with Gasteiger partial charge in [0.05, 0.1) is 6.10 Å². The lowest BCUT2D eigenvalue weighted by molar-refractivity contribution is -0.145. The Morgan fingerprint density at radius 3 is 2.60 bits per heavy atom. The Morgan fingerprint density at radius 2 is 2.20 bits per heavy atom. The molecule has 15 heavy (non-hydrogen) atoms. The third-order valence-corrected chi connectivity index (χ3v) is 1.90. The standard InChI is InChI=1S/C7H9F3N2O3/c8-7(9,10)2-12-6(15)4-3(13)1-11-5(4)14/h3-4,13H,1-2H2,(H,11,14)(H,12,15). The highest BCUT2D eigenvalue weighted by Crippen LogP contribution is 2.14. The molecular formula is C7H9F3N2O3. The second-order valence-corrected chi connectivity index (χ2v) is 3.12. The molecule has 0 aromatic rings. The molecule has 1 aliphatic rings. The average molecular weight is 226 g/mol. The summed E-state index contributed by atoms with van der Waals surface area (Å²) in [6.07, 6.45) is -5.80. The van der Waals surface area contributed by atoms with Crippen molar-refractivity contribution in [1.29, 1.82) is 0 Å². The van der Waals surface area contributed by atoms with Gasteiger partial charge in [0, 0.05) is 6.54 Å². The summed E-state index contributed by atoms with van der Waals surface area (Å²) in [6.45, 7) is -1.63. The highest BCUT2D eigenvalue weighted by atomic mass is 19.4. The summed E-state index contributed by atoms with van der Waals surface area (Å²) < 4.78 is 35.2. The summed E-state index contributed by atoms with van der Waals surface area (Å²) in [5, 5.41) is 12.8. The largest absolute Gasteiger partial charge is 0.405 e. The predicted octanol–water partition coefficient (Wildman–Crippen LogP) is -1.23. The number of alkyl halides is 3. The average Bonchev–Trinajstić information content (AvgIpc) is 2.41. The van der Waals surface area contributed by atoms with E-state index in [0.717, 1.165) is 0 Å². The van der Waals surface area contributed by atoms with Crippen LogP contribution in [0.15, 0.2) is 0 Å². The Bertz CT molecular complexity index is 279. The van der Waals surface area contributed by atoms with Crippen LogP contribution in [0.3, 0.4) is 0 Å². The molecule has 0 aromatic heterocycles. The summed E-state index contributed by atoms with van der Waals surface area (Å²) in [7, 11) is 0. The molecule has 8 heteroatoms. The van der Waals surface area contributed by atoms with Crippen molar-refractivity contribution in [3.8, 4) is 0 Å². The van der Waals surface area contributed by atoms with E-state index in [-0.39, 0.29) is 6.54 Å². The molecule has 0 radical (unpaired) electrons. The number of carbonyl (C=O) groups is 2. The zero-order chi connectivity index (χ0) is 11.6. The first-order chi connectivity index (χ1) is 6.81. The van der Waals surface area contributed by atoms with Crippen molar-refractivity contribution < 1.29 is 27.9 Å². The predicted molar refractivity (Wildman–Crippen MR) is 41.6 cm³/mol. The second kappa shape index (κ2) is 4.05. The second-order valence-electron chi connectivity index (χ2n) is 3.12. The molecule has 2 amide bonds. The number of rotatable bonds is 2. The van der Waals surface area contributed by atoms with Gasteiger partial charge in [-0.2, -0.15) is 13.2 Å². The van der Waals surface area contributed by atoms with E-state index in [9.17, 15) is 22.8 Å². The van der Waals surface area contributed by atoms with Crippen molar-refractivity contribution in [3.63, 3.8) is 0 Å². The number of amides is 2. The highest BCUT2D eigenvalue weighted by molar-refractivity contribution is 6.02. The van der Waals surface area contributed by atoms with Gasteiger partial charge in [-0.25, -0.2) is 0 Å². The fraction of sp³-hybridized carbons (Fsp3) is 0.714. The Hall–Kier alpha value is -1.31. The summed E-state index contributed by atoms with van der Waals surface area (Å²) in [5.41, 5.74) is 0. The minimum Gasteiger partial charge on any atom is -0.390 e. The van der Waals surface area contributed by atoms with E-state index in [2.05, 4.69) is 5.32 Å². The van der Waals surface area contributed by atoms with Gasteiger partial charge in [-0.15, -0.1) is 0 Å². The van der Waals surface area contributed by atoms with Crippen LogP contribution >= 0.6 is 0 Å². The lowest BCUT2D eigenvalue weighted by Crippen LogP contribution is -2.43. The van der Waals surface area contributed by atoms with Gasteiger partial charge in [0.1, 0.15) is 12.5 Å². The van der Waals surface area contributed by atoms with Crippen molar-refractivity contribution in [2.24, 2.45) is 5.92 Å². The highest BCUT2D eigenvalue weighted by Gasteiger charge is 2.40. The van der Waals surface area contributed by atoms with Gasteiger partial charge in [-0.1, -0.05) is 0 Å². The van der Waals surface area contributed by atoms with E-state index in [1.165, 1.54) is 0 Å². The molecule has 1 aliphatic heterocycles. The molecule has 0 aromatic carbocycles. The number of aliphatic hydroxyl groups is 1. The minimum absolute atomic E-state index is 0.122. The quantitative estimate of drug-likeness (QED) is 0.516. The number of carbonyl (C=O) groups excluding carboxylic acids is 2. The van der Waals surface area contributed by atoms with Crippen molar-refractivity contribution >= 4 is 11.8 Å². The molecule has 5 nitrogen and oxygen atoms in total. The molecule has 0 aliphatic carbocycles. The minimum atomic E-state index is -4.53. The first-order valence-electron chi connectivity index (χ1n) is 4.11. The smallest absolute Gasteiger partial charge is 0.390 e. The van der Waals surface area contributed by atoms with E-state index in [1.807, 2.05) is 0 Å². The maximum atomic E-state index is 11.7. The number of hydrogen-bond acceptors (Lipinski definition) is 3. The van der Waals surface area contributed by atoms with Crippen LogP contribution in [0.1, 0.15) is 0 Å². The van der Waals surface area contributed by atoms with Gasteiger partial charge < -0.3 is 15.7 Å². The topological polar surface area (TPSA) is 78.4 Å². The molecule has 1 heterocycles. The molecular weight excluding hydrogens is 217 g/mol. The van der Waals surface area contributed by atoms with E-state index in [4.69, 9.17) is 5.11 Å². The summed E-state index contributed by atoms with van der Waals surface area (Å²) in [5.74, 6) is -3.33. The molecule has 0 spiro atoms. The molecule has 3 N–H and O–H groups in total. The fourth-order valence-corrected chi connectivity index (χ4v) is 1.20. The lowest BCUT2D eigenvalue weighted by atomic mass is 10.1. The van der Waals surface area contributed by atoms with Gasteiger partial charge in [-0.3, -0.25) is 9.59 Å². The van der Waals surface area contributed by atoms with Crippen molar-refractivity contribution in [3.05, 3.63) is 0 Å². The molecule has 86 valence electrons. The molecule has 1 rings (SSSR count). The SMILES string of the molecule is O=C1NCC(O)C1C(=O)NCC(F)(F)F. The van der Waals surface area contributed by atoms with Crippen LogP contribution < -0.4 is 10.6 Å². The first-order valence-corrected chi connectivity index (χ1v) is 4.11. The molecule has 0 bridgehead atoms. The fourth-order valence-electron chi connectivity index (χ4n) is 1.20. The zero-order valence-electron chi connectivity index (χ0n) is 7.47. The number of aliphatic hydroxyl groups excluding tert-OH is 1. The van der Waals surface area contributed by atoms with Crippen LogP contribution in [-0.2, 0) is 9.59 Å². The van der Waals surface area contributed by atoms with Crippen molar-refractivity contribution in [2.45, 2.75) is 12.3 Å². The molecule has 2 unspecified atom stereocenters. The van der Waals surface area contributed by atoms with E-state index in [1.54, 1.807) is 5.32 Å². The van der Waals surface area contributed by atoms with Crippen LogP contribution in [0.25, 0.3) is 0 Å². The summed E-state index contributed by atoms with van der Waals surface area (Å²) in [6, 6.07) is 0. The van der Waals surface area contributed by atoms with E-state index >= 15 is 0 Å². The van der Waals surface area contributed by atoms with Crippen molar-refractivity contribution in [2.75, 3.05) is 13.1 Å². The maximum Gasteiger partial charge on any atom is 0.405 e. The normalized spacial score (nSPS) is 26.3. The van der Waals surface area contributed by atoms with Gasteiger partial charge in [0.2, 0.25) is 11.8 Å². The third kappa shape index (κ3) is 3.08. The lowest BCUT2D eigenvalue weighted by Gasteiger charge is -2.13. The van der Waals surface area contributed by atoms with Crippen LogP contribution in [0.4, 0.5) is 13.2 Å². The molecule has 1 saturated heterocycles. The maximum absolute atomic E-state index is 11.7. The van der Waals surface area contributed by atoms with Gasteiger partial charge in [0.25, 0.3) is 0 Å². The number of β-amino-alcohol motifs (C(OH)–C–C–N with tert-alkyl or cyclic N) is 1. The van der Waals surface area contributed by atoms with Gasteiger partial charge in [-0.05, 0) is 0 Å².